The second-order valence-electron chi connectivity index (χ2n) is 10.3. The Morgan fingerprint density at radius 2 is 1.51 bits per heavy atom. The molecule has 0 aliphatic carbocycles. The fourth-order valence-corrected chi connectivity index (χ4v) is 6.09. The summed E-state index contributed by atoms with van der Waals surface area (Å²) in [6.07, 6.45) is 0.342. The Labute approximate surface area is 263 Å². The van der Waals surface area contributed by atoms with E-state index >= 15 is 0 Å². The minimum atomic E-state index is -4.17. The van der Waals surface area contributed by atoms with Crippen molar-refractivity contribution in [2.24, 2.45) is 5.92 Å². The molecule has 3 aromatic rings. The van der Waals surface area contributed by atoms with E-state index in [2.05, 4.69) is 21.2 Å². The van der Waals surface area contributed by atoms with Gasteiger partial charge in [-0.1, -0.05) is 48.8 Å². The number of halogens is 1. The van der Waals surface area contributed by atoms with Gasteiger partial charge in [-0.15, -0.1) is 0 Å². The Morgan fingerprint density at radius 3 is 2.05 bits per heavy atom. The van der Waals surface area contributed by atoms with E-state index in [4.69, 9.17) is 9.47 Å². The molecular weight excluding hydrogens is 634 g/mol. The van der Waals surface area contributed by atoms with Crippen LogP contribution in [0.2, 0.25) is 0 Å². The van der Waals surface area contributed by atoms with E-state index in [0.29, 0.717) is 36.8 Å². The Hall–Kier alpha value is -3.57. The van der Waals surface area contributed by atoms with Crippen LogP contribution in [-0.2, 0) is 26.2 Å². The summed E-state index contributed by atoms with van der Waals surface area (Å²) in [7, 11) is -2.61. The third-order valence-electron chi connectivity index (χ3n) is 6.70. The predicted octanol–water partition coefficient (Wildman–Crippen LogP) is 5.63. The lowest BCUT2D eigenvalue weighted by atomic mass is 10.1. The van der Waals surface area contributed by atoms with E-state index in [-0.39, 0.29) is 23.3 Å². The van der Waals surface area contributed by atoms with E-state index in [1.807, 2.05) is 39.8 Å². The van der Waals surface area contributed by atoms with E-state index in [1.54, 1.807) is 55.6 Å². The van der Waals surface area contributed by atoms with Crippen LogP contribution in [0.1, 0.15) is 39.7 Å². The molecule has 0 aromatic heterocycles. The topological polar surface area (TPSA) is 105 Å². The summed E-state index contributed by atoms with van der Waals surface area (Å²) in [4.78, 5) is 29.0. The zero-order chi connectivity index (χ0) is 31.6. The zero-order valence-electron chi connectivity index (χ0n) is 25.2. The Bertz CT molecular complexity index is 1450. The molecule has 3 aromatic carbocycles. The first-order valence-corrected chi connectivity index (χ1v) is 16.4. The first-order valence-electron chi connectivity index (χ1n) is 14.2. The number of carbonyl (C=O) groups is 2. The smallest absolute Gasteiger partial charge is 0.264 e. The number of methoxy groups -OCH3 is 1. The van der Waals surface area contributed by atoms with Gasteiger partial charge in [-0.05, 0) is 85.5 Å². The van der Waals surface area contributed by atoms with Gasteiger partial charge < -0.3 is 19.7 Å². The van der Waals surface area contributed by atoms with Crippen LogP contribution in [-0.4, -0.2) is 58.0 Å². The van der Waals surface area contributed by atoms with E-state index < -0.39 is 28.5 Å². The minimum absolute atomic E-state index is 0.0285. The SMILES string of the molecule is CCOc1ccc(N(CC(=O)N(Cc2ccc(OC)cc2)[C@@H](CC)C(=O)NCC(C)C)S(=O)(=O)c2ccc(Br)cc2)cc1. The van der Waals surface area contributed by atoms with Crippen molar-refractivity contribution in [3.8, 4) is 11.5 Å². The molecule has 0 aliphatic rings. The van der Waals surface area contributed by atoms with Crippen LogP contribution >= 0.6 is 15.9 Å². The highest BCUT2D eigenvalue weighted by atomic mass is 79.9. The maximum Gasteiger partial charge on any atom is 0.264 e. The van der Waals surface area contributed by atoms with Crippen molar-refractivity contribution in [3.05, 3.63) is 82.8 Å². The van der Waals surface area contributed by atoms with Crippen molar-refractivity contribution < 1.29 is 27.5 Å². The number of nitrogens with zero attached hydrogens (tertiary/aromatic N) is 2. The summed E-state index contributed by atoms with van der Waals surface area (Å²) < 4.78 is 40.6. The molecule has 3 rings (SSSR count). The molecule has 1 N–H and O–H groups in total. The number of hydrogen-bond acceptors (Lipinski definition) is 6. The average molecular weight is 675 g/mol. The van der Waals surface area contributed by atoms with Crippen molar-refractivity contribution in [1.82, 2.24) is 10.2 Å². The van der Waals surface area contributed by atoms with Gasteiger partial charge in [0.15, 0.2) is 0 Å². The molecule has 0 saturated carbocycles. The van der Waals surface area contributed by atoms with Gasteiger partial charge in [0, 0.05) is 17.6 Å². The second-order valence-corrected chi connectivity index (χ2v) is 13.1. The van der Waals surface area contributed by atoms with Gasteiger partial charge in [-0.25, -0.2) is 8.42 Å². The first-order chi connectivity index (χ1) is 20.5. The fraction of sp³-hybridized carbons (Fsp3) is 0.375. The maximum absolute atomic E-state index is 14.2. The van der Waals surface area contributed by atoms with Crippen molar-refractivity contribution in [2.75, 3.05) is 31.1 Å². The molecule has 1 atom stereocenters. The van der Waals surface area contributed by atoms with E-state index in [0.717, 1.165) is 14.3 Å². The van der Waals surface area contributed by atoms with Crippen molar-refractivity contribution in [1.29, 1.82) is 0 Å². The molecule has 0 aliphatic heterocycles. The van der Waals surface area contributed by atoms with Gasteiger partial charge in [0.25, 0.3) is 10.0 Å². The highest BCUT2D eigenvalue weighted by Gasteiger charge is 2.33. The van der Waals surface area contributed by atoms with Crippen molar-refractivity contribution >= 4 is 43.5 Å². The Kier molecular flexibility index (Phi) is 12.4. The van der Waals surface area contributed by atoms with Gasteiger partial charge in [-0.2, -0.15) is 0 Å². The molecule has 0 radical (unpaired) electrons. The standard InChI is InChI=1S/C32H40BrN3O6S/c1-6-30(32(38)34-20-23(3)4)35(21-24-8-14-27(41-5)15-9-24)31(37)22-36(26-12-16-28(17-13-26)42-7-2)43(39,40)29-18-10-25(33)11-19-29/h8-19,23,30H,6-7,20-22H2,1-5H3,(H,34,38)/t30-/m0/s1. The quantitative estimate of drug-likeness (QED) is 0.224. The molecule has 11 heteroatoms. The molecule has 0 saturated heterocycles. The molecule has 0 fully saturated rings. The first kappa shape index (κ1) is 33.9. The lowest BCUT2D eigenvalue weighted by Crippen LogP contribution is -2.52. The van der Waals surface area contributed by atoms with Crippen LogP contribution in [0.3, 0.4) is 0 Å². The highest BCUT2D eigenvalue weighted by molar-refractivity contribution is 9.10. The largest absolute Gasteiger partial charge is 0.497 e. The number of carbonyl (C=O) groups excluding carboxylic acids is 2. The number of rotatable bonds is 15. The molecule has 2 amide bonds. The van der Waals surface area contributed by atoms with Crippen LogP contribution in [0.5, 0.6) is 11.5 Å². The second kappa shape index (κ2) is 15.8. The van der Waals surface area contributed by atoms with Crippen LogP contribution in [0.4, 0.5) is 5.69 Å². The van der Waals surface area contributed by atoms with Crippen LogP contribution in [0, 0.1) is 5.92 Å². The van der Waals surface area contributed by atoms with Gasteiger partial charge in [0.2, 0.25) is 11.8 Å². The monoisotopic (exact) mass is 673 g/mol. The maximum atomic E-state index is 14.2. The Morgan fingerprint density at radius 1 is 0.907 bits per heavy atom. The van der Waals surface area contributed by atoms with Crippen LogP contribution in [0.25, 0.3) is 0 Å². The van der Waals surface area contributed by atoms with Gasteiger partial charge in [0.1, 0.15) is 24.1 Å². The molecule has 232 valence electrons. The van der Waals surface area contributed by atoms with Crippen molar-refractivity contribution in [2.45, 2.75) is 51.6 Å². The number of anilines is 1. The number of benzene rings is 3. The average Bonchev–Trinajstić information content (AvgIpc) is 2.99. The van der Waals surface area contributed by atoms with E-state index in [9.17, 15) is 18.0 Å². The molecule has 0 heterocycles. The van der Waals surface area contributed by atoms with Gasteiger partial charge >= 0.3 is 0 Å². The summed E-state index contributed by atoms with van der Waals surface area (Å²) in [5.41, 5.74) is 1.06. The number of sulfonamides is 1. The van der Waals surface area contributed by atoms with Gasteiger partial charge in [-0.3, -0.25) is 13.9 Å². The highest BCUT2D eigenvalue weighted by Crippen LogP contribution is 2.28. The zero-order valence-corrected chi connectivity index (χ0v) is 27.7. The Balaban J connectivity index is 2.04. The lowest BCUT2D eigenvalue weighted by molar-refractivity contribution is -0.140. The van der Waals surface area contributed by atoms with Crippen LogP contribution < -0.4 is 19.1 Å². The summed E-state index contributed by atoms with van der Waals surface area (Å²) in [5, 5.41) is 2.93. The summed E-state index contributed by atoms with van der Waals surface area (Å²) in [6.45, 7) is 8.16. The van der Waals surface area contributed by atoms with Crippen molar-refractivity contribution in [3.63, 3.8) is 0 Å². The summed E-state index contributed by atoms with van der Waals surface area (Å²) in [5.74, 6) is 0.648. The molecule has 0 unspecified atom stereocenters. The third kappa shape index (κ3) is 9.21. The molecule has 0 bridgehead atoms. The number of amides is 2. The normalized spacial score (nSPS) is 12.0. The number of nitrogens with one attached hydrogen (secondary N) is 1. The van der Waals surface area contributed by atoms with E-state index in [1.165, 1.54) is 17.0 Å². The van der Waals surface area contributed by atoms with Crippen LogP contribution in [0.15, 0.2) is 82.2 Å². The predicted molar refractivity (Wildman–Crippen MR) is 172 cm³/mol. The molecule has 43 heavy (non-hydrogen) atoms. The third-order valence-corrected chi connectivity index (χ3v) is 9.02. The number of hydrogen-bond donors (Lipinski definition) is 1. The molecular formula is C32H40BrN3O6S. The summed E-state index contributed by atoms with van der Waals surface area (Å²) >= 11 is 3.35. The lowest BCUT2D eigenvalue weighted by Gasteiger charge is -2.33. The summed E-state index contributed by atoms with van der Waals surface area (Å²) in [6, 6.07) is 19.2. The minimum Gasteiger partial charge on any atom is -0.497 e. The fourth-order valence-electron chi connectivity index (χ4n) is 4.41. The molecule has 9 nitrogen and oxygen atoms in total. The number of ether oxygens (including phenoxy) is 2. The molecule has 0 spiro atoms. The van der Waals surface area contributed by atoms with Gasteiger partial charge in [0.05, 0.1) is 24.3 Å².